The summed E-state index contributed by atoms with van der Waals surface area (Å²) in [6.45, 7) is 5.19. The van der Waals surface area contributed by atoms with Crippen LogP contribution >= 0.6 is 0 Å². The SMILES string of the molecule is CC1COCC(C)N1[C]=O. The third kappa shape index (κ3) is 1.29. The quantitative estimate of drug-likeness (QED) is 0.522. The van der Waals surface area contributed by atoms with Crippen molar-refractivity contribution in [2.24, 2.45) is 0 Å². The van der Waals surface area contributed by atoms with Crippen molar-refractivity contribution in [2.75, 3.05) is 13.2 Å². The van der Waals surface area contributed by atoms with Crippen LogP contribution in [0.5, 0.6) is 0 Å². The number of rotatable bonds is 1. The van der Waals surface area contributed by atoms with Crippen molar-refractivity contribution < 1.29 is 9.53 Å². The van der Waals surface area contributed by atoms with Crippen molar-refractivity contribution in [2.45, 2.75) is 25.9 Å². The standard InChI is InChI=1S/C7H12NO2/c1-6-3-10-4-7(2)8(6)5-9/h6-7H,3-4H2,1-2H3. The van der Waals surface area contributed by atoms with Crippen molar-refractivity contribution in [3.05, 3.63) is 0 Å². The first-order valence-corrected chi connectivity index (χ1v) is 3.49. The molecule has 10 heavy (non-hydrogen) atoms. The molecule has 0 saturated carbocycles. The minimum Gasteiger partial charge on any atom is -0.377 e. The zero-order chi connectivity index (χ0) is 7.56. The molecule has 1 aliphatic heterocycles. The van der Waals surface area contributed by atoms with E-state index in [1.54, 1.807) is 4.90 Å². The fraction of sp³-hybridized carbons (Fsp3) is 0.857. The molecule has 1 heterocycles. The zero-order valence-corrected chi connectivity index (χ0v) is 6.33. The summed E-state index contributed by atoms with van der Waals surface area (Å²) >= 11 is 0. The molecule has 1 radical (unpaired) electrons. The topological polar surface area (TPSA) is 29.5 Å². The van der Waals surface area contributed by atoms with Crippen molar-refractivity contribution in [3.8, 4) is 0 Å². The van der Waals surface area contributed by atoms with Gasteiger partial charge < -0.3 is 9.64 Å². The molecule has 1 rings (SSSR count). The highest BCUT2D eigenvalue weighted by Crippen LogP contribution is 2.09. The minimum atomic E-state index is 0.182. The molecule has 0 spiro atoms. The van der Waals surface area contributed by atoms with Crippen LogP contribution in [0.3, 0.4) is 0 Å². The van der Waals surface area contributed by atoms with Gasteiger partial charge in [-0.2, -0.15) is 0 Å². The van der Waals surface area contributed by atoms with Crippen molar-refractivity contribution in [1.82, 2.24) is 4.90 Å². The van der Waals surface area contributed by atoms with Gasteiger partial charge in [-0.3, -0.25) is 4.79 Å². The van der Waals surface area contributed by atoms with E-state index in [1.165, 1.54) is 0 Å². The Morgan fingerprint density at radius 2 is 1.90 bits per heavy atom. The Kier molecular flexibility index (Phi) is 2.27. The largest absolute Gasteiger partial charge is 0.377 e. The molecule has 0 bridgehead atoms. The summed E-state index contributed by atoms with van der Waals surface area (Å²) in [6.07, 6.45) is 1.91. The van der Waals surface area contributed by atoms with E-state index < -0.39 is 0 Å². The zero-order valence-electron chi connectivity index (χ0n) is 6.33. The van der Waals surface area contributed by atoms with E-state index >= 15 is 0 Å². The Hall–Kier alpha value is -0.570. The molecule has 1 aliphatic rings. The molecule has 3 heteroatoms. The second kappa shape index (κ2) is 3.01. The Balaban J connectivity index is 2.53. The first-order chi connectivity index (χ1) is 4.75. The molecule has 0 aliphatic carbocycles. The second-order valence-electron chi connectivity index (χ2n) is 2.73. The summed E-state index contributed by atoms with van der Waals surface area (Å²) in [5.41, 5.74) is 0. The predicted octanol–water partition coefficient (Wildman–Crippen LogP) is 0.163. The van der Waals surface area contributed by atoms with Crippen LogP contribution in [-0.4, -0.2) is 36.6 Å². The van der Waals surface area contributed by atoms with Gasteiger partial charge in [0.2, 0.25) is 0 Å². The number of hydrogen-bond donors (Lipinski definition) is 0. The maximum absolute atomic E-state index is 10.3. The van der Waals surface area contributed by atoms with Crippen LogP contribution in [0.2, 0.25) is 0 Å². The van der Waals surface area contributed by atoms with Crippen LogP contribution in [0.15, 0.2) is 0 Å². The summed E-state index contributed by atoms with van der Waals surface area (Å²) < 4.78 is 5.21. The smallest absolute Gasteiger partial charge is 0.312 e. The molecule has 3 nitrogen and oxygen atoms in total. The van der Waals surface area contributed by atoms with Crippen LogP contribution in [-0.2, 0) is 9.53 Å². The lowest BCUT2D eigenvalue weighted by Gasteiger charge is -2.34. The average Bonchev–Trinajstić information content (AvgIpc) is 1.88. The lowest BCUT2D eigenvalue weighted by Crippen LogP contribution is -2.48. The molecule has 1 saturated heterocycles. The highest BCUT2D eigenvalue weighted by Gasteiger charge is 2.23. The first kappa shape index (κ1) is 7.54. The van der Waals surface area contributed by atoms with E-state index in [0.29, 0.717) is 13.2 Å². The molecular formula is C7H12NO2. The molecule has 2 atom stereocenters. The summed E-state index contributed by atoms with van der Waals surface area (Å²) in [6, 6.07) is 0.363. The summed E-state index contributed by atoms with van der Waals surface area (Å²) in [5, 5.41) is 0. The summed E-state index contributed by atoms with van der Waals surface area (Å²) in [5.74, 6) is 0. The summed E-state index contributed by atoms with van der Waals surface area (Å²) in [7, 11) is 0. The van der Waals surface area contributed by atoms with Crippen LogP contribution in [0.1, 0.15) is 13.8 Å². The molecule has 0 aromatic carbocycles. The van der Waals surface area contributed by atoms with E-state index in [4.69, 9.17) is 4.74 Å². The van der Waals surface area contributed by atoms with Gasteiger partial charge in [-0.15, -0.1) is 0 Å². The number of hydrogen-bond acceptors (Lipinski definition) is 2. The number of morpholine rings is 1. The number of amides is 1. The van der Waals surface area contributed by atoms with Crippen LogP contribution in [0, 0.1) is 0 Å². The molecule has 1 amide bonds. The van der Waals surface area contributed by atoms with Crippen LogP contribution in [0.25, 0.3) is 0 Å². The highest BCUT2D eigenvalue weighted by atomic mass is 16.5. The van der Waals surface area contributed by atoms with Crippen molar-refractivity contribution in [3.63, 3.8) is 0 Å². The van der Waals surface area contributed by atoms with Gasteiger partial charge >= 0.3 is 6.41 Å². The van der Waals surface area contributed by atoms with E-state index in [9.17, 15) is 4.79 Å². The van der Waals surface area contributed by atoms with Gasteiger partial charge in [-0.1, -0.05) is 0 Å². The van der Waals surface area contributed by atoms with E-state index in [2.05, 4.69) is 0 Å². The van der Waals surface area contributed by atoms with Gasteiger partial charge in [-0.25, -0.2) is 0 Å². The van der Waals surface area contributed by atoms with Gasteiger partial charge in [0, 0.05) is 0 Å². The minimum absolute atomic E-state index is 0.182. The van der Waals surface area contributed by atoms with Crippen molar-refractivity contribution >= 4 is 6.41 Å². The normalized spacial score (nSPS) is 34.0. The van der Waals surface area contributed by atoms with Gasteiger partial charge in [0.05, 0.1) is 25.3 Å². The van der Waals surface area contributed by atoms with E-state index in [1.807, 2.05) is 20.3 Å². The van der Waals surface area contributed by atoms with Gasteiger partial charge in [-0.05, 0) is 13.8 Å². The average molecular weight is 142 g/mol. The third-order valence-corrected chi connectivity index (χ3v) is 1.77. The van der Waals surface area contributed by atoms with Gasteiger partial charge in [0.15, 0.2) is 0 Å². The Morgan fingerprint density at radius 3 is 2.20 bits per heavy atom. The molecule has 2 unspecified atom stereocenters. The molecule has 0 N–H and O–H groups in total. The number of nitrogens with zero attached hydrogens (tertiary/aromatic N) is 1. The summed E-state index contributed by atoms with van der Waals surface area (Å²) in [4.78, 5) is 12.0. The number of ether oxygens (including phenoxy) is 1. The fourth-order valence-corrected chi connectivity index (χ4v) is 1.18. The maximum atomic E-state index is 10.3. The van der Waals surface area contributed by atoms with Gasteiger partial charge in [0.25, 0.3) is 0 Å². The van der Waals surface area contributed by atoms with Gasteiger partial charge in [0.1, 0.15) is 0 Å². The van der Waals surface area contributed by atoms with Crippen LogP contribution < -0.4 is 0 Å². The fourth-order valence-electron chi connectivity index (χ4n) is 1.18. The Labute approximate surface area is 61.0 Å². The van der Waals surface area contributed by atoms with E-state index in [0.717, 1.165) is 0 Å². The molecule has 57 valence electrons. The Morgan fingerprint density at radius 1 is 1.40 bits per heavy atom. The lowest BCUT2D eigenvalue weighted by atomic mass is 10.2. The lowest BCUT2D eigenvalue weighted by molar-refractivity contribution is -0.00163. The molecule has 0 aromatic heterocycles. The maximum Gasteiger partial charge on any atom is 0.312 e. The Bertz CT molecular complexity index is 117. The molecule has 1 fully saturated rings. The predicted molar refractivity (Wildman–Crippen MR) is 37.3 cm³/mol. The van der Waals surface area contributed by atoms with Crippen LogP contribution in [0.4, 0.5) is 0 Å². The van der Waals surface area contributed by atoms with E-state index in [-0.39, 0.29) is 12.1 Å². The third-order valence-electron chi connectivity index (χ3n) is 1.77. The monoisotopic (exact) mass is 142 g/mol. The molecular weight excluding hydrogens is 130 g/mol. The van der Waals surface area contributed by atoms with Crippen molar-refractivity contribution in [1.29, 1.82) is 0 Å². The highest BCUT2D eigenvalue weighted by molar-refractivity contribution is 5.49. The first-order valence-electron chi connectivity index (χ1n) is 3.49. The number of carbonyl (C=O) groups excluding carboxylic acids is 1. The second-order valence-corrected chi connectivity index (χ2v) is 2.73. The molecule has 0 aromatic rings.